The van der Waals surface area contributed by atoms with Crippen molar-refractivity contribution in [3.8, 4) is 0 Å². The fourth-order valence-corrected chi connectivity index (χ4v) is 3.49. The zero-order valence-corrected chi connectivity index (χ0v) is 14.9. The van der Waals surface area contributed by atoms with Gasteiger partial charge in [0.2, 0.25) is 0 Å². The molecule has 136 valence electrons. The summed E-state index contributed by atoms with van der Waals surface area (Å²) in [6.45, 7) is 3.15. The zero-order chi connectivity index (χ0) is 19.0. The van der Waals surface area contributed by atoms with Crippen LogP contribution in [-0.2, 0) is 22.6 Å². The fourth-order valence-electron chi connectivity index (χ4n) is 3.49. The summed E-state index contributed by atoms with van der Waals surface area (Å²) in [5.41, 5.74) is 3.68. The highest BCUT2D eigenvalue weighted by Gasteiger charge is 2.38. The lowest BCUT2D eigenvalue weighted by molar-refractivity contribution is -0.122. The highest BCUT2D eigenvalue weighted by Crippen LogP contribution is 2.25. The summed E-state index contributed by atoms with van der Waals surface area (Å²) in [6, 6.07) is 14.5. The van der Waals surface area contributed by atoms with Gasteiger partial charge in [0.15, 0.2) is 0 Å². The molecule has 4 rings (SSSR count). The van der Waals surface area contributed by atoms with E-state index >= 15 is 0 Å². The molecule has 27 heavy (non-hydrogen) atoms. The number of hydrogen-bond donors (Lipinski definition) is 1. The highest BCUT2D eigenvalue weighted by molar-refractivity contribution is 6.37. The van der Waals surface area contributed by atoms with E-state index in [-0.39, 0.29) is 5.57 Å². The van der Waals surface area contributed by atoms with Gasteiger partial charge in [0, 0.05) is 19.3 Å². The SMILES string of the molecule is Cc1ccccc1N1C(=O)NC(=O)/C(=C/N2CCc3ccccc3C2)C1=O. The lowest BCUT2D eigenvalue weighted by Crippen LogP contribution is -2.55. The summed E-state index contributed by atoms with van der Waals surface area (Å²) < 4.78 is 0. The molecular weight excluding hydrogens is 342 g/mol. The number of nitrogens with zero attached hydrogens (tertiary/aromatic N) is 2. The van der Waals surface area contributed by atoms with Crippen molar-refractivity contribution in [3.05, 3.63) is 77.0 Å². The average Bonchev–Trinajstić information content (AvgIpc) is 2.66. The van der Waals surface area contributed by atoms with Crippen molar-refractivity contribution in [2.45, 2.75) is 19.9 Å². The molecule has 2 aromatic carbocycles. The minimum Gasteiger partial charge on any atom is -0.372 e. The zero-order valence-electron chi connectivity index (χ0n) is 14.9. The standard InChI is InChI=1S/C21H19N3O3/c1-14-6-2-5-9-18(14)24-20(26)17(19(25)22-21(24)27)13-23-11-10-15-7-3-4-8-16(15)12-23/h2-9,13H,10-12H2,1H3,(H,22,25,27)/b17-13-. The van der Waals surface area contributed by atoms with Crippen molar-refractivity contribution < 1.29 is 14.4 Å². The first-order chi connectivity index (χ1) is 13.0. The van der Waals surface area contributed by atoms with Crippen molar-refractivity contribution >= 4 is 23.5 Å². The van der Waals surface area contributed by atoms with Crippen LogP contribution in [0, 0.1) is 6.92 Å². The van der Waals surface area contributed by atoms with Crippen LogP contribution in [-0.4, -0.2) is 29.3 Å². The van der Waals surface area contributed by atoms with Gasteiger partial charge in [-0.2, -0.15) is 0 Å². The number of amides is 4. The topological polar surface area (TPSA) is 69.7 Å². The van der Waals surface area contributed by atoms with Gasteiger partial charge in [-0.15, -0.1) is 0 Å². The van der Waals surface area contributed by atoms with E-state index in [0.717, 1.165) is 16.9 Å². The Bertz CT molecular complexity index is 980. The van der Waals surface area contributed by atoms with Gasteiger partial charge in [0.05, 0.1) is 5.69 Å². The number of carbonyl (C=O) groups is 3. The summed E-state index contributed by atoms with van der Waals surface area (Å²) in [4.78, 5) is 40.6. The number of imide groups is 2. The first kappa shape index (κ1) is 17.0. The Morgan fingerprint density at radius 3 is 2.44 bits per heavy atom. The van der Waals surface area contributed by atoms with Crippen LogP contribution < -0.4 is 10.2 Å². The van der Waals surface area contributed by atoms with Crippen LogP contribution in [0.1, 0.15) is 16.7 Å². The van der Waals surface area contributed by atoms with Crippen LogP contribution in [0.15, 0.2) is 60.3 Å². The molecule has 2 heterocycles. The fraction of sp³-hybridized carbons (Fsp3) is 0.190. The number of benzene rings is 2. The third-order valence-corrected chi connectivity index (χ3v) is 4.93. The third kappa shape index (κ3) is 3.10. The molecule has 2 aromatic rings. The number of para-hydroxylation sites is 1. The molecular formula is C21H19N3O3. The van der Waals surface area contributed by atoms with Gasteiger partial charge in [0.1, 0.15) is 5.57 Å². The van der Waals surface area contributed by atoms with E-state index in [1.54, 1.807) is 18.3 Å². The van der Waals surface area contributed by atoms with Crippen molar-refractivity contribution in [1.29, 1.82) is 0 Å². The minimum atomic E-state index is -0.722. The normalized spacial score (nSPS) is 18.6. The molecule has 0 atom stereocenters. The van der Waals surface area contributed by atoms with Crippen LogP contribution in [0.2, 0.25) is 0 Å². The molecule has 4 amide bonds. The van der Waals surface area contributed by atoms with Crippen LogP contribution >= 0.6 is 0 Å². The van der Waals surface area contributed by atoms with Crippen LogP contribution in [0.4, 0.5) is 10.5 Å². The second-order valence-corrected chi connectivity index (χ2v) is 6.72. The van der Waals surface area contributed by atoms with E-state index in [1.165, 1.54) is 11.1 Å². The van der Waals surface area contributed by atoms with E-state index < -0.39 is 17.8 Å². The Labute approximate surface area is 157 Å². The van der Waals surface area contributed by atoms with Crippen molar-refractivity contribution in [2.75, 3.05) is 11.4 Å². The Kier molecular flexibility index (Phi) is 4.24. The quantitative estimate of drug-likeness (QED) is 0.659. The maximum atomic E-state index is 13.0. The predicted molar refractivity (Wildman–Crippen MR) is 101 cm³/mol. The molecule has 0 unspecified atom stereocenters. The summed E-state index contributed by atoms with van der Waals surface area (Å²) in [6.07, 6.45) is 2.42. The lowest BCUT2D eigenvalue weighted by Gasteiger charge is -2.31. The first-order valence-electron chi connectivity index (χ1n) is 8.82. The first-order valence-corrected chi connectivity index (χ1v) is 8.82. The molecule has 2 aliphatic heterocycles. The molecule has 1 saturated heterocycles. The lowest BCUT2D eigenvalue weighted by atomic mass is 10.00. The highest BCUT2D eigenvalue weighted by atomic mass is 16.2. The second kappa shape index (κ2) is 6.72. The van der Waals surface area contributed by atoms with Gasteiger partial charge >= 0.3 is 6.03 Å². The number of aryl methyl sites for hydroxylation is 1. The van der Waals surface area contributed by atoms with Crippen molar-refractivity contribution in [3.63, 3.8) is 0 Å². The number of hydrogen-bond acceptors (Lipinski definition) is 4. The number of urea groups is 1. The molecule has 1 fully saturated rings. The molecule has 0 radical (unpaired) electrons. The van der Waals surface area contributed by atoms with E-state index in [0.29, 0.717) is 18.8 Å². The van der Waals surface area contributed by atoms with Gasteiger partial charge < -0.3 is 4.90 Å². The Morgan fingerprint density at radius 1 is 0.963 bits per heavy atom. The van der Waals surface area contributed by atoms with Crippen molar-refractivity contribution in [1.82, 2.24) is 10.2 Å². The summed E-state index contributed by atoms with van der Waals surface area (Å²) >= 11 is 0. The Hall–Kier alpha value is -3.41. The molecule has 1 N–H and O–H groups in total. The van der Waals surface area contributed by atoms with Crippen LogP contribution in [0.5, 0.6) is 0 Å². The maximum absolute atomic E-state index is 13.0. The molecule has 6 nitrogen and oxygen atoms in total. The number of carbonyl (C=O) groups excluding carboxylic acids is 3. The second-order valence-electron chi connectivity index (χ2n) is 6.72. The molecule has 0 aromatic heterocycles. The summed E-state index contributed by atoms with van der Waals surface area (Å²) in [7, 11) is 0. The minimum absolute atomic E-state index is 0.0303. The van der Waals surface area contributed by atoms with E-state index in [9.17, 15) is 14.4 Å². The van der Waals surface area contributed by atoms with Crippen molar-refractivity contribution in [2.24, 2.45) is 0 Å². The summed E-state index contributed by atoms with van der Waals surface area (Å²) in [5.74, 6) is -1.26. The summed E-state index contributed by atoms with van der Waals surface area (Å²) in [5, 5.41) is 2.28. The molecule has 6 heteroatoms. The van der Waals surface area contributed by atoms with Crippen LogP contribution in [0.25, 0.3) is 0 Å². The van der Waals surface area contributed by atoms with E-state index in [2.05, 4.69) is 11.4 Å². The van der Waals surface area contributed by atoms with Gasteiger partial charge in [0.25, 0.3) is 11.8 Å². The predicted octanol–water partition coefficient (Wildman–Crippen LogP) is 2.52. The third-order valence-electron chi connectivity index (χ3n) is 4.93. The Balaban J connectivity index is 1.65. The number of barbiturate groups is 1. The van der Waals surface area contributed by atoms with Gasteiger partial charge in [-0.1, -0.05) is 42.5 Å². The van der Waals surface area contributed by atoms with E-state index in [4.69, 9.17) is 0 Å². The van der Waals surface area contributed by atoms with E-state index in [1.807, 2.05) is 42.2 Å². The molecule has 2 aliphatic rings. The molecule has 0 bridgehead atoms. The number of fused-ring (bicyclic) bond motifs is 1. The molecule has 0 aliphatic carbocycles. The number of rotatable bonds is 2. The van der Waals surface area contributed by atoms with Gasteiger partial charge in [-0.3, -0.25) is 14.9 Å². The largest absolute Gasteiger partial charge is 0.372 e. The Morgan fingerprint density at radius 2 is 1.67 bits per heavy atom. The van der Waals surface area contributed by atoms with Crippen LogP contribution in [0.3, 0.4) is 0 Å². The number of nitrogens with one attached hydrogen (secondary N) is 1. The molecule has 0 spiro atoms. The average molecular weight is 361 g/mol. The maximum Gasteiger partial charge on any atom is 0.335 e. The molecule has 0 saturated carbocycles. The van der Waals surface area contributed by atoms with Gasteiger partial charge in [-0.05, 0) is 36.1 Å². The van der Waals surface area contributed by atoms with Gasteiger partial charge in [-0.25, -0.2) is 9.69 Å². The number of anilines is 1. The smallest absolute Gasteiger partial charge is 0.335 e. The monoisotopic (exact) mass is 361 g/mol.